The minimum atomic E-state index is -0.788. The van der Waals surface area contributed by atoms with Gasteiger partial charge in [-0.15, -0.1) is 0 Å². The van der Waals surface area contributed by atoms with Gasteiger partial charge in [0.25, 0.3) is 0 Å². The Balaban J connectivity index is 2.09. The fourth-order valence-electron chi connectivity index (χ4n) is 2.22. The van der Waals surface area contributed by atoms with Crippen LogP contribution in [0.5, 0.6) is 0 Å². The molecule has 0 radical (unpaired) electrons. The fraction of sp³-hybridized carbons (Fsp3) is 0.632. The van der Waals surface area contributed by atoms with Crippen LogP contribution in [0.3, 0.4) is 0 Å². The van der Waals surface area contributed by atoms with Gasteiger partial charge in [0, 0.05) is 24.3 Å². The second kappa shape index (κ2) is 11.8. The smallest absolute Gasteiger partial charge is 0.407 e. The van der Waals surface area contributed by atoms with E-state index >= 15 is 0 Å². The third kappa shape index (κ3) is 12.3. The summed E-state index contributed by atoms with van der Waals surface area (Å²) in [6.07, 6.45) is 7.14. The lowest BCUT2D eigenvalue weighted by Gasteiger charge is -2.19. The van der Waals surface area contributed by atoms with Crippen molar-refractivity contribution in [1.29, 1.82) is 0 Å². The summed E-state index contributed by atoms with van der Waals surface area (Å²) in [5.74, 6) is -0.564. The van der Waals surface area contributed by atoms with Crippen LogP contribution < -0.4 is 5.32 Å². The number of rotatable bonds is 10. The molecule has 8 heteroatoms. The summed E-state index contributed by atoms with van der Waals surface area (Å²) in [6, 6.07) is 0. The Kier molecular flexibility index (Phi) is 10.2. The van der Waals surface area contributed by atoms with E-state index in [1.807, 2.05) is 18.2 Å². The van der Waals surface area contributed by atoms with E-state index in [0.717, 1.165) is 11.3 Å². The van der Waals surface area contributed by atoms with Crippen LogP contribution in [0, 0.1) is 5.92 Å². The first-order chi connectivity index (χ1) is 12.7. The molecule has 0 saturated heterocycles. The van der Waals surface area contributed by atoms with Crippen molar-refractivity contribution in [2.24, 2.45) is 5.92 Å². The maximum atomic E-state index is 11.9. The van der Waals surface area contributed by atoms with Crippen LogP contribution in [0.2, 0.25) is 0 Å². The Hall–Kier alpha value is -1.80. The van der Waals surface area contributed by atoms with Crippen LogP contribution in [0.25, 0.3) is 0 Å². The summed E-state index contributed by atoms with van der Waals surface area (Å²) in [5.41, 5.74) is -0.535. The topological polar surface area (TPSA) is 102 Å². The largest absolute Gasteiger partial charge is 0.481 e. The van der Waals surface area contributed by atoms with E-state index in [1.54, 1.807) is 20.8 Å². The average molecular weight is 400 g/mol. The fourth-order valence-corrected chi connectivity index (χ4v) is 3.00. The maximum Gasteiger partial charge on any atom is 0.407 e. The monoisotopic (exact) mass is 399 g/mol. The lowest BCUT2D eigenvalue weighted by molar-refractivity contribution is -0.137. The van der Waals surface area contributed by atoms with Crippen LogP contribution in [-0.2, 0) is 19.1 Å². The maximum absolute atomic E-state index is 11.9. The highest BCUT2D eigenvalue weighted by Gasteiger charge is 2.15. The van der Waals surface area contributed by atoms with Crippen LogP contribution in [0.4, 0.5) is 4.79 Å². The Bertz CT molecular complexity index is 579. The molecule has 0 bridgehead atoms. The van der Waals surface area contributed by atoms with E-state index in [4.69, 9.17) is 14.6 Å². The number of aliphatic carboxylic acids is 1. The van der Waals surface area contributed by atoms with E-state index in [0.29, 0.717) is 26.2 Å². The molecule has 7 nitrogen and oxygen atoms in total. The van der Waals surface area contributed by atoms with Crippen molar-refractivity contribution < 1.29 is 29.0 Å². The molecular weight excluding hydrogens is 370 g/mol. The van der Waals surface area contributed by atoms with Crippen molar-refractivity contribution in [1.82, 2.24) is 5.32 Å². The standard InChI is InChI=1S/C19H29NO6S/c1-19(2,3)26-18(24)20-11-13-25-12-10-17(23)27-15-7-4-14(5-8-15)6-9-16(21)22/h4,7-8,14H,5-6,9-13H2,1-3H3,(H,20,24)(H,21,22). The molecule has 1 atom stereocenters. The second-order valence-electron chi connectivity index (χ2n) is 7.16. The van der Waals surface area contributed by atoms with Crippen molar-refractivity contribution >= 4 is 28.9 Å². The molecule has 2 N–H and O–H groups in total. The number of hydrogen-bond acceptors (Lipinski definition) is 6. The molecule has 1 unspecified atom stereocenters. The number of carboxylic acids is 1. The van der Waals surface area contributed by atoms with E-state index in [9.17, 15) is 14.4 Å². The molecule has 1 amide bonds. The number of ether oxygens (including phenoxy) is 2. The average Bonchev–Trinajstić information content (AvgIpc) is 2.55. The van der Waals surface area contributed by atoms with Crippen molar-refractivity contribution in [3.05, 3.63) is 23.1 Å². The molecule has 152 valence electrons. The number of alkyl carbamates (subject to hydrolysis) is 1. The molecule has 0 aromatic carbocycles. The number of thioether (sulfide) groups is 1. The van der Waals surface area contributed by atoms with E-state index in [-0.39, 0.29) is 23.9 Å². The Morgan fingerprint density at radius 3 is 2.59 bits per heavy atom. The van der Waals surface area contributed by atoms with Gasteiger partial charge in [-0.3, -0.25) is 9.59 Å². The summed E-state index contributed by atoms with van der Waals surface area (Å²) in [5, 5.41) is 11.3. The lowest BCUT2D eigenvalue weighted by atomic mass is 9.96. The zero-order chi connectivity index (χ0) is 20.3. The van der Waals surface area contributed by atoms with Crippen molar-refractivity contribution in [2.45, 2.75) is 52.1 Å². The van der Waals surface area contributed by atoms with E-state index in [1.165, 1.54) is 11.8 Å². The molecule has 0 aromatic heterocycles. The van der Waals surface area contributed by atoms with E-state index < -0.39 is 17.7 Å². The molecule has 0 aromatic rings. The Morgan fingerprint density at radius 1 is 1.26 bits per heavy atom. The number of carbonyl (C=O) groups is 3. The quantitative estimate of drug-likeness (QED) is 0.542. The summed E-state index contributed by atoms with van der Waals surface area (Å²) in [4.78, 5) is 34.8. The van der Waals surface area contributed by atoms with Gasteiger partial charge in [-0.1, -0.05) is 30.0 Å². The predicted octanol–water partition coefficient (Wildman–Crippen LogP) is 3.50. The first kappa shape index (κ1) is 23.2. The number of allylic oxidation sites excluding steroid dienone is 3. The minimum Gasteiger partial charge on any atom is -0.481 e. The highest BCUT2D eigenvalue weighted by molar-refractivity contribution is 8.17. The van der Waals surface area contributed by atoms with Gasteiger partial charge in [-0.25, -0.2) is 4.79 Å². The van der Waals surface area contributed by atoms with Crippen LogP contribution >= 0.6 is 11.8 Å². The molecule has 1 aliphatic carbocycles. The molecule has 27 heavy (non-hydrogen) atoms. The second-order valence-corrected chi connectivity index (χ2v) is 8.29. The van der Waals surface area contributed by atoms with Crippen LogP contribution in [0.1, 0.15) is 46.5 Å². The van der Waals surface area contributed by atoms with Crippen LogP contribution in [0.15, 0.2) is 23.1 Å². The van der Waals surface area contributed by atoms with Gasteiger partial charge in [-0.05, 0) is 39.5 Å². The number of hydrogen-bond donors (Lipinski definition) is 2. The van der Waals surface area contributed by atoms with Gasteiger partial charge in [0.1, 0.15) is 5.60 Å². The summed E-state index contributed by atoms with van der Waals surface area (Å²) < 4.78 is 10.4. The van der Waals surface area contributed by atoms with Crippen molar-refractivity contribution in [3.8, 4) is 0 Å². The number of carbonyl (C=O) groups excluding carboxylic acids is 2. The predicted molar refractivity (Wildman–Crippen MR) is 104 cm³/mol. The van der Waals surface area contributed by atoms with Gasteiger partial charge >= 0.3 is 12.1 Å². The first-order valence-electron chi connectivity index (χ1n) is 9.01. The van der Waals surface area contributed by atoms with Crippen LogP contribution in [-0.4, -0.2) is 47.6 Å². The zero-order valence-corrected chi connectivity index (χ0v) is 17.0. The highest BCUT2D eigenvalue weighted by Crippen LogP contribution is 2.28. The summed E-state index contributed by atoms with van der Waals surface area (Å²) >= 11 is 1.17. The molecule has 0 fully saturated rings. The van der Waals surface area contributed by atoms with Gasteiger partial charge < -0.3 is 19.9 Å². The normalized spacial score (nSPS) is 16.6. The highest BCUT2D eigenvalue weighted by atomic mass is 32.2. The van der Waals surface area contributed by atoms with Crippen molar-refractivity contribution in [2.75, 3.05) is 19.8 Å². The SMILES string of the molecule is CC(C)(C)OC(=O)NCCOCCC(=O)SC1=CCC(CCC(=O)O)C=C1. The minimum absolute atomic E-state index is 0.00925. The van der Waals surface area contributed by atoms with Gasteiger partial charge in [0.05, 0.1) is 13.2 Å². The summed E-state index contributed by atoms with van der Waals surface area (Å²) in [6.45, 7) is 6.30. The van der Waals surface area contributed by atoms with Gasteiger partial charge in [0.15, 0.2) is 5.12 Å². The lowest BCUT2D eigenvalue weighted by Crippen LogP contribution is -2.34. The zero-order valence-electron chi connectivity index (χ0n) is 16.2. The molecule has 0 saturated carbocycles. The first-order valence-corrected chi connectivity index (χ1v) is 9.83. The molecule has 0 aliphatic heterocycles. The summed E-state index contributed by atoms with van der Waals surface area (Å²) in [7, 11) is 0. The third-order valence-corrected chi connectivity index (χ3v) is 4.45. The molecular formula is C19H29NO6S. The van der Waals surface area contributed by atoms with Gasteiger partial charge in [0.2, 0.25) is 0 Å². The Morgan fingerprint density at radius 2 is 2.00 bits per heavy atom. The van der Waals surface area contributed by atoms with Gasteiger partial charge in [-0.2, -0.15) is 0 Å². The third-order valence-electron chi connectivity index (χ3n) is 3.48. The molecule has 1 rings (SSSR count). The number of carboxylic acid groups (broad SMARTS) is 1. The number of amides is 1. The van der Waals surface area contributed by atoms with E-state index in [2.05, 4.69) is 5.32 Å². The molecule has 1 aliphatic rings. The van der Waals surface area contributed by atoms with Crippen molar-refractivity contribution in [3.63, 3.8) is 0 Å². The molecule has 0 spiro atoms. The number of nitrogens with one attached hydrogen (secondary N) is 1. The molecule has 0 heterocycles. The Labute approximate surface area is 164 Å².